The molecule has 0 N–H and O–H groups in total. The van der Waals surface area contributed by atoms with E-state index in [4.69, 9.17) is 5.26 Å². The topological polar surface area (TPSA) is 50.1 Å². The Labute approximate surface area is 118 Å². The number of carbonyl (C=O) groups is 1. The normalized spacial score (nSPS) is 11.8. The van der Waals surface area contributed by atoms with Crippen LogP contribution in [0, 0.1) is 16.5 Å². The van der Waals surface area contributed by atoms with Crippen LogP contribution in [0.5, 0.6) is 0 Å². The van der Waals surface area contributed by atoms with Crippen LogP contribution in [0.25, 0.3) is 4.91 Å². The van der Waals surface area contributed by atoms with Gasteiger partial charge in [0.2, 0.25) is 0 Å². The molecule has 3 nitrogen and oxygen atoms in total. The Balaban J connectivity index is 3.13. The van der Waals surface area contributed by atoms with Crippen LogP contribution in [0.3, 0.4) is 0 Å². The molecule has 1 rings (SSSR count). The lowest BCUT2D eigenvalue weighted by Gasteiger charge is -2.12. The predicted octanol–water partition coefficient (Wildman–Crippen LogP) is 3.58. The fourth-order valence-electron chi connectivity index (χ4n) is 1.29. The zero-order valence-electron chi connectivity index (χ0n) is 10.4. The second-order valence-corrected chi connectivity index (χ2v) is 4.38. The van der Waals surface area contributed by atoms with Crippen LogP contribution in [-0.2, 0) is 9.53 Å². The number of carbonyl (C=O) groups excluding carboxylic acids is 1. The molecule has 0 fully saturated rings. The van der Waals surface area contributed by atoms with E-state index < -0.39 is 17.7 Å². The van der Waals surface area contributed by atoms with Gasteiger partial charge >= 0.3 is 11.9 Å². The summed E-state index contributed by atoms with van der Waals surface area (Å²) in [4.78, 5) is 11.0. The molecule has 20 heavy (non-hydrogen) atoms. The molecule has 0 spiro atoms. The summed E-state index contributed by atoms with van der Waals surface area (Å²) in [5.74, 6) is -6.09. The molecule has 0 atom stereocenters. The van der Waals surface area contributed by atoms with Gasteiger partial charge in [-0.15, -0.1) is 0 Å². The highest BCUT2D eigenvalue weighted by Crippen LogP contribution is 2.32. The number of thiocyanates is 1. The number of rotatable bonds is 5. The van der Waals surface area contributed by atoms with Gasteiger partial charge in [0.25, 0.3) is 0 Å². The quantitative estimate of drug-likeness (QED) is 0.616. The van der Waals surface area contributed by atoms with E-state index >= 15 is 0 Å². The predicted molar refractivity (Wildman–Crippen MR) is 69.2 cm³/mol. The van der Waals surface area contributed by atoms with Crippen molar-refractivity contribution in [2.45, 2.75) is 12.8 Å². The lowest BCUT2D eigenvalue weighted by Crippen LogP contribution is -2.28. The Kier molecular flexibility index (Phi) is 5.65. The number of halogens is 3. The summed E-state index contributed by atoms with van der Waals surface area (Å²) in [5.41, 5.74) is 0.210. The van der Waals surface area contributed by atoms with Crippen molar-refractivity contribution < 1.29 is 22.7 Å². The molecule has 0 aliphatic rings. The Morgan fingerprint density at radius 2 is 2.05 bits per heavy atom. The summed E-state index contributed by atoms with van der Waals surface area (Å²) in [5, 5.41) is 10.3. The first-order chi connectivity index (χ1) is 9.40. The van der Waals surface area contributed by atoms with Crippen molar-refractivity contribution in [3.05, 3.63) is 41.7 Å². The van der Waals surface area contributed by atoms with Gasteiger partial charge in [-0.25, -0.2) is 9.18 Å². The molecule has 106 valence electrons. The molecule has 0 unspecified atom stereocenters. The maximum absolute atomic E-state index is 13.6. The SMILES string of the molecule is CCOC(=O)C(F)(F)/C=C(/SC#N)c1ccc(F)cc1. The third-order valence-corrected chi connectivity index (χ3v) is 2.81. The van der Waals surface area contributed by atoms with E-state index in [9.17, 15) is 18.0 Å². The first-order valence-electron chi connectivity index (χ1n) is 5.50. The number of ether oxygens (including phenoxy) is 1. The van der Waals surface area contributed by atoms with E-state index in [0.717, 1.165) is 12.1 Å². The zero-order chi connectivity index (χ0) is 15.2. The molecule has 1 aromatic rings. The van der Waals surface area contributed by atoms with Crippen molar-refractivity contribution >= 4 is 22.6 Å². The molecular weight excluding hydrogens is 291 g/mol. The van der Waals surface area contributed by atoms with E-state index in [1.165, 1.54) is 19.1 Å². The number of esters is 1. The number of nitriles is 1. The Bertz CT molecular complexity index is 550. The van der Waals surface area contributed by atoms with Crippen molar-refractivity contribution in [3.63, 3.8) is 0 Å². The van der Waals surface area contributed by atoms with E-state index in [2.05, 4.69) is 4.74 Å². The summed E-state index contributed by atoms with van der Waals surface area (Å²) in [6, 6.07) is 4.63. The van der Waals surface area contributed by atoms with Crippen LogP contribution in [0.15, 0.2) is 30.3 Å². The Morgan fingerprint density at radius 1 is 1.45 bits per heavy atom. The number of alkyl halides is 2. The van der Waals surface area contributed by atoms with Gasteiger partial charge in [0, 0.05) is 11.0 Å². The van der Waals surface area contributed by atoms with E-state index in [1.54, 1.807) is 5.40 Å². The largest absolute Gasteiger partial charge is 0.461 e. The van der Waals surface area contributed by atoms with Crippen molar-refractivity contribution in [1.29, 1.82) is 5.26 Å². The third kappa shape index (κ3) is 4.31. The summed E-state index contributed by atoms with van der Waals surface area (Å²) in [6.07, 6.45) is 0.339. The molecule has 0 heterocycles. The number of nitrogens with zero attached hydrogens (tertiary/aromatic N) is 1. The van der Waals surface area contributed by atoms with E-state index in [1.807, 2.05) is 0 Å². The summed E-state index contributed by atoms with van der Waals surface area (Å²) < 4.78 is 44.2. The zero-order valence-corrected chi connectivity index (χ0v) is 11.2. The maximum atomic E-state index is 13.6. The molecule has 0 aromatic heterocycles. The molecule has 0 saturated carbocycles. The van der Waals surface area contributed by atoms with Gasteiger partial charge in [0.05, 0.1) is 6.61 Å². The number of hydrogen-bond donors (Lipinski definition) is 0. The van der Waals surface area contributed by atoms with Crippen LogP contribution < -0.4 is 0 Å². The minimum atomic E-state index is -3.86. The summed E-state index contributed by atoms with van der Waals surface area (Å²) >= 11 is 0.454. The van der Waals surface area contributed by atoms with Crippen LogP contribution in [0.4, 0.5) is 13.2 Å². The molecule has 0 saturated heterocycles. The standard InChI is InChI=1S/C13H10F3NO2S/c1-2-19-12(18)13(15,16)7-11(20-8-17)9-3-5-10(14)6-4-9/h3-7H,2H2,1H3/b11-7+. The lowest BCUT2D eigenvalue weighted by atomic mass is 10.1. The average molecular weight is 301 g/mol. The minimum absolute atomic E-state index is 0.148. The molecule has 0 radical (unpaired) electrons. The fraction of sp³-hybridized carbons (Fsp3) is 0.231. The number of benzene rings is 1. The van der Waals surface area contributed by atoms with E-state index in [0.29, 0.717) is 17.8 Å². The highest BCUT2D eigenvalue weighted by Gasteiger charge is 2.38. The van der Waals surface area contributed by atoms with Crippen LogP contribution >= 0.6 is 11.8 Å². The Morgan fingerprint density at radius 3 is 2.55 bits per heavy atom. The van der Waals surface area contributed by atoms with E-state index in [-0.39, 0.29) is 17.1 Å². The third-order valence-electron chi connectivity index (χ3n) is 2.14. The highest BCUT2D eigenvalue weighted by atomic mass is 32.2. The average Bonchev–Trinajstić information content (AvgIpc) is 2.39. The first kappa shape index (κ1) is 16.1. The van der Waals surface area contributed by atoms with Gasteiger partial charge in [-0.1, -0.05) is 12.1 Å². The fourth-order valence-corrected chi connectivity index (χ4v) is 1.85. The first-order valence-corrected chi connectivity index (χ1v) is 6.32. The molecule has 0 aliphatic carbocycles. The van der Waals surface area contributed by atoms with Gasteiger partial charge in [-0.05, 0) is 36.4 Å². The number of hydrogen-bond acceptors (Lipinski definition) is 4. The second kappa shape index (κ2) is 7.01. The molecule has 7 heteroatoms. The van der Waals surface area contributed by atoms with Crippen molar-refractivity contribution in [3.8, 4) is 5.40 Å². The van der Waals surface area contributed by atoms with Crippen LogP contribution in [0.2, 0.25) is 0 Å². The molecule has 0 amide bonds. The molecule has 0 aliphatic heterocycles. The van der Waals surface area contributed by atoms with Crippen molar-refractivity contribution in [1.82, 2.24) is 0 Å². The maximum Gasteiger partial charge on any atom is 0.381 e. The smallest absolute Gasteiger partial charge is 0.381 e. The molecule has 0 bridgehead atoms. The van der Waals surface area contributed by atoms with Crippen molar-refractivity contribution in [2.75, 3.05) is 6.61 Å². The summed E-state index contributed by atoms with van der Waals surface area (Å²) in [6.45, 7) is 1.22. The van der Waals surface area contributed by atoms with Crippen LogP contribution in [-0.4, -0.2) is 18.5 Å². The Hall–Kier alpha value is -1.94. The number of thioether (sulfide) groups is 1. The van der Waals surface area contributed by atoms with Gasteiger partial charge in [0.15, 0.2) is 0 Å². The van der Waals surface area contributed by atoms with Gasteiger partial charge in [-0.2, -0.15) is 14.0 Å². The van der Waals surface area contributed by atoms with Gasteiger partial charge in [0.1, 0.15) is 11.2 Å². The minimum Gasteiger partial charge on any atom is -0.461 e. The summed E-state index contributed by atoms with van der Waals surface area (Å²) in [7, 11) is 0. The monoisotopic (exact) mass is 301 g/mol. The highest BCUT2D eigenvalue weighted by molar-refractivity contribution is 8.12. The van der Waals surface area contributed by atoms with Crippen LogP contribution in [0.1, 0.15) is 12.5 Å². The van der Waals surface area contributed by atoms with Gasteiger partial charge < -0.3 is 4.74 Å². The molecular formula is C13H10F3NO2S. The second-order valence-electron chi connectivity index (χ2n) is 3.55. The van der Waals surface area contributed by atoms with Gasteiger partial charge in [-0.3, -0.25) is 0 Å². The van der Waals surface area contributed by atoms with Crippen molar-refractivity contribution in [2.24, 2.45) is 0 Å². The molecule has 1 aromatic carbocycles. The lowest BCUT2D eigenvalue weighted by molar-refractivity contribution is -0.164.